The smallest absolute Gasteiger partial charge is 0.303 e. The molecule has 0 aromatic heterocycles. The van der Waals surface area contributed by atoms with Crippen molar-refractivity contribution in [2.75, 3.05) is 19.0 Å². The maximum Gasteiger partial charge on any atom is 0.303 e. The first-order valence-corrected chi connectivity index (χ1v) is 5.36. The highest BCUT2D eigenvalue weighted by Gasteiger charge is 2.12. The first-order valence-electron chi connectivity index (χ1n) is 5.36. The van der Waals surface area contributed by atoms with Crippen LogP contribution < -0.4 is 10.6 Å². The summed E-state index contributed by atoms with van der Waals surface area (Å²) in [6.45, 7) is 0. The highest BCUT2D eigenvalue weighted by atomic mass is 19.1. The molecule has 0 amide bonds. The SMILES string of the molecule is CN(C)c1cc(C(N)CCC(=O)O)ccc1F. The van der Waals surface area contributed by atoms with Crippen LogP contribution in [0.4, 0.5) is 10.1 Å². The molecule has 0 heterocycles. The normalized spacial score (nSPS) is 12.2. The summed E-state index contributed by atoms with van der Waals surface area (Å²) in [6, 6.07) is 4.22. The van der Waals surface area contributed by atoms with Crippen LogP contribution in [-0.4, -0.2) is 25.2 Å². The lowest BCUT2D eigenvalue weighted by molar-refractivity contribution is -0.137. The number of anilines is 1. The van der Waals surface area contributed by atoms with Crippen molar-refractivity contribution >= 4 is 11.7 Å². The summed E-state index contributed by atoms with van der Waals surface area (Å²) >= 11 is 0. The number of benzene rings is 1. The van der Waals surface area contributed by atoms with Crippen molar-refractivity contribution in [2.24, 2.45) is 5.73 Å². The third kappa shape index (κ3) is 3.71. The van der Waals surface area contributed by atoms with Gasteiger partial charge in [0.05, 0.1) is 5.69 Å². The van der Waals surface area contributed by atoms with Crippen LogP contribution in [0.25, 0.3) is 0 Å². The molecule has 1 atom stereocenters. The fourth-order valence-corrected chi connectivity index (χ4v) is 1.55. The van der Waals surface area contributed by atoms with Crippen molar-refractivity contribution in [3.05, 3.63) is 29.6 Å². The van der Waals surface area contributed by atoms with Crippen molar-refractivity contribution in [3.63, 3.8) is 0 Å². The number of halogens is 1. The Labute approximate surface area is 99.8 Å². The first-order chi connectivity index (χ1) is 7.91. The van der Waals surface area contributed by atoms with Gasteiger partial charge in [0, 0.05) is 26.6 Å². The fourth-order valence-electron chi connectivity index (χ4n) is 1.55. The topological polar surface area (TPSA) is 66.6 Å². The molecule has 0 aliphatic rings. The molecule has 4 nitrogen and oxygen atoms in total. The minimum absolute atomic E-state index is 0.00976. The van der Waals surface area contributed by atoms with Crippen molar-refractivity contribution in [3.8, 4) is 0 Å². The fraction of sp³-hybridized carbons (Fsp3) is 0.417. The lowest BCUT2D eigenvalue weighted by Crippen LogP contribution is -2.15. The van der Waals surface area contributed by atoms with Crippen molar-refractivity contribution in [1.29, 1.82) is 0 Å². The molecule has 1 rings (SSSR count). The average molecular weight is 240 g/mol. The van der Waals surface area contributed by atoms with Gasteiger partial charge in [0.1, 0.15) is 5.82 Å². The van der Waals surface area contributed by atoms with E-state index >= 15 is 0 Å². The minimum atomic E-state index is -0.879. The van der Waals surface area contributed by atoms with Gasteiger partial charge in [0.2, 0.25) is 0 Å². The molecule has 3 N–H and O–H groups in total. The Morgan fingerprint density at radius 1 is 1.53 bits per heavy atom. The largest absolute Gasteiger partial charge is 0.481 e. The van der Waals surface area contributed by atoms with E-state index in [4.69, 9.17) is 10.8 Å². The zero-order chi connectivity index (χ0) is 13.0. The molecule has 0 saturated carbocycles. The number of hydrogen-bond donors (Lipinski definition) is 2. The van der Waals surface area contributed by atoms with Gasteiger partial charge >= 0.3 is 5.97 Å². The molecule has 5 heteroatoms. The van der Waals surface area contributed by atoms with Crippen molar-refractivity contribution in [2.45, 2.75) is 18.9 Å². The molecule has 0 aliphatic heterocycles. The lowest BCUT2D eigenvalue weighted by Gasteiger charge is -2.17. The number of carbonyl (C=O) groups is 1. The van der Waals surface area contributed by atoms with Gasteiger partial charge in [0.15, 0.2) is 0 Å². The zero-order valence-corrected chi connectivity index (χ0v) is 9.98. The Morgan fingerprint density at radius 3 is 2.71 bits per heavy atom. The third-order valence-corrected chi connectivity index (χ3v) is 2.55. The van der Waals surface area contributed by atoms with Gasteiger partial charge in [0.25, 0.3) is 0 Å². The van der Waals surface area contributed by atoms with Gasteiger partial charge < -0.3 is 15.7 Å². The van der Waals surface area contributed by atoms with Crippen LogP contribution in [0, 0.1) is 5.82 Å². The van der Waals surface area contributed by atoms with Crippen LogP contribution in [0.2, 0.25) is 0 Å². The van der Waals surface area contributed by atoms with E-state index in [-0.39, 0.29) is 18.3 Å². The summed E-state index contributed by atoms with van der Waals surface area (Å²) in [5.41, 5.74) is 7.06. The summed E-state index contributed by atoms with van der Waals surface area (Å²) in [6.07, 6.45) is 0.351. The van der Waals surface area contributed by atoms with Gasteiger partial charge in [-0.15, -0.1) is 0 Å². The Bertz CT molecular complexity index is 407. The Hall–Kier alpha value is -1.62. The van der Waals surface area contributed by atoms with E-state index in [0.29, 0.717) is 12.1 Å². The van der Waals surface area contributed by atoms with E-state index in [2.05, 4.69) is 0 Å². The second-order valence-electron chi connectivity index (χ2n) is 4.14. The van der Waals surface area contributed by atoms with Crippen LogP contribution in [0.15, 0.2) is 18.2 Å². The summed E-state index contributed by atoms with van der Waals surface area (Å²) in [5, 5.41) is 8.57. The van der Waals surface area contributed by atoms with Gasteiger partial charge in [-0.2, -0.15) is 0 Å². The number of rotatable bonds is 5. The molecule has 0 spiro atoms. The molecule has 0 radical (unpaired) electrons. The molecule has 17 heavy (non-hydrogen) atoms. The molecule has 1 aromatic rings. The number of nitrogens with two attached hydrogens (primary N) is 1. The standard InChI is InChI=1S/C12H17FN2O2/c1-15(2)11-7-8(3-4-9(11)13)10(14)5-6-12(16)17/h3-4,7,10H,5-6,14H2,1-2H3,(H,16,17). The van der Waals surface area contributed by atoms with E-state index in [1.54, 1.807) is 31.1 Å². The number of carboxylic acid groups (broad SMARTS) is 1. The molecule has 1 unspecified atom stereocenters. The highest BCUT2D eigenvalue weighted by Crippen LogP contribution is 2.23. The monoisotopic (exact) mass is 240 g/mol. The molecule has 0 saturated heterocycles. The number of hydrogen-bond acceptors (Lipinski definition) is 3. The summed E-state index contributed by atoms with van der Waals surface area (Å²) in [5.74, 6) is -1.19. The van der Waals surface area contributed by atoms with E-state index in [1.165, 1.54) is 6.07 Å². The molecular weight excluding hydrogens is 223 g/mol. The Morgan fingerprint density at radius 2 is 2.18 bits per heavy atom. The van der Waals surface area contributed by atoms with Crippen LogP contribution in [0.5, 0.6) is 0 Å². The quantitative estimate of drug-likeness (QED) is 0.823. The number of nitrogens with zero attached hydrogens (tertiary/aromatic N) is 1. The predicted molar refractivity (Wildman–Crippen MR) is 64.5 cm³/mol. The third-order valence-electron chi connectivity index (χ3n) is 2.55. The number of carboxylic acids is 1. The van der Waals surface area contributed by atoms with Crippen LogP contribution in [0.1, 0.15) is 24.4 Å². The molecular formula is C12H17FN2O2. The summed E-state index contributed by atoms with van der Waals surface area (Å²) < 4.78 is 13.4. The molecule has 94 valence electrons. The lowest BCUT2D eigenvalue weighted by atomic mass is 10.0. The molecule has 1 aromatic carbocycles. The van der Waals surface area contributed by atoms with E-state index in [1.807, 2.05) is 0 Å². The van der Waals surface area contributed by atoms with Gasteiger partial charge in [-0.1, -0.05) is 6.07 Å². The van der Waals surface area contributed by atoms with E-state index < -0.39 is 5.97 Å². The van der Waals surface area contributed by atoms with Crippen LogP contribution in [0.3, 0.4) is 0 Å². The van der Waals surface area contributed by atoms with Gasteiger partial charge in [-0.3, -0.25) is 4.79 Å². The van der Waals surface area contributed by atoms with Crippen LogP contribution in [-0.2, 0) is 4.79 Å². The zero-order valence-electron chi connectivity index (χ0n) is 9.98. The maximum absolute atomic E-state index is 13.4. The molecule has 0 fully saturated rings. The molecule has 0 bridgehead atoms. The van der Waals surface area contributed by atoms with E-state index in [0.717, 1.165) is 5.56 Å². The van der Waals surface area contributed by atoms with Crippen molar-refractivity contribution in [1.82, 2.24) is 0 Å². The average Bonchev–Trinajstić information content (AvgIpc) is 2.26. The predicted octanol–water partition coefficient (Wildman–Crippen LogP) is 1.76. The Balaban J connectivity index is 2.84. The molecule has 0 aliphatic carbocycles. The minimum Gasteiger partial charge on any atom is -0.481 e. The van der Waals surface area contributed by atoms with Gasteiger partial charge in [-0.25, -0.2) is 4.39 Å². The van der Waals surface area contributed by atoms with E-state index in [9.17, 15) is 9.18 Å². The number of aliphatic carboxylic acids is 1. The first kappa shape index (κ1) is 13.4. The maximum atomic E-state index is 13.4. The summed E-state index contributed by atoms with van der Waals surface area (Å²) in [7, 11) is 3.48. The van der Waals surface area contributed by atoms with Crippen molar-refractivity contribution < 1.29 is 14.3 Å². The second-order valence-corrected chi connectivity index (χ2v) is 4.14. The highest BCUT2D eigenvalue weighted by molar-refractivity contribution is 5.66. The second kappa shape index (κ2) is 5.63. The van der Waals surface area contributed by atoms with Gasteiger partial charge in [-0.05, 0) is 24.1 Å². The summed E-state index contributed by atoms with van der Waals surface area (Å²) in [4.78, 5) is 12.1. The Kier molecular flexibility index (Phi) is 4.45. The van der Waals surface area contributed by atoms with Crippen LogP contribution >= 0.6 is 0 Å².